The van der Waals surface area contributed by atoms with Crippen LogP contribution in [-0.2, 0) is 9.59 Å². The van der Waals surface area contributed by atoms with Crippen LogP contribution in [0.1, 0.15) is 52.4 Å². The van der Waals surface area contributed by atoms with E-state index in [9.17, 15) is 14.7 Å². The minimum absolute atomic E-state index is 0.0671. The number of carboxylic acids is 1. The van der Waals surface area contributed by atoms with E-state index in [1.165, 1.54) is 17.7 Å². The van der Waals surface area contributed by atoms with E-state index in [2.05, 4.69) is 12.2 Å². The maximum Gasteiger partial charge on any atom is 0.317 e. The fourth-order valence-corrected chi connectivity index (χ4v) is 1.93. The fraction of sp³-hybridized carbons (Fsp3) is 0.857. The summed E-state index contributed by atoms with van der Waals surface area (Å²) >= 11 is 0. The molecular formula is C14H28N2O4. The molecule has 0 saturated heterocycles. The Morgan fingerprint density at radius 1 is 1.20 bits per heavy atom. The zero-order valence-corrected chi connectivity index (χ0v) is 12.6. The van der Waals surface area contributed by atoms with Gasteiger partial charge in [-0.1, -0.05) is 32.6 Å². The maximum absolute atomic E-state index is 11.6. The summed E-state index contributed by atoms with van der Waals surface area (Å²) in [5, 5.41) is 20.7. The number of carboxylic acid groups (broad SMARTS) is 1. The Balaban J connectivity index is 3.83. The normalized spacial score (nSPS) is 12.4. The second-order valence-electron chi connectivity index (χ2n) is 5.18. The molecule has 0 aliphatic rings. The summed E-state index contributed by atoms with van der Waals surface area (Å²) in [6.45, 7) is 3.92. The van der Waals surface area contributed by atoms with E-state index in [4.69, 9.17) is 5.11 Å². The van der Waals surface area contributed by atoms with Crippen molar-refractivity contribution in [3.63, 3.8) is 0 Å². The molecule has 6 heteroatoms. The average Bonchev–Trinajstić information content (AvgIpc) is 2.34. The molecule has 0 fully saturated rings. The van der Waals surface area contributed by atoms with E-state index in [1.54, 1.807) is 6.92 Å². The van der Waals surface area contributed by atoms with Crippen LogP contribution in [0.15, 0.2) is 0 Å². The quantitative estimate of drug-likeness (QED) is 0.371. The molecule has 0 radical (unpaired) electrons. The van der Waals surface area contributed by atoms with E-state index < -0.39 is 12.1 Å². The summed E-state index contributed by atoms with van der Waals surface area (Å²) in [4.78, 5) is 23.8. The van der Waals surface area contributed by atoms with E-state index >= 15 is 0 Å². The number of carbonyl (C=O) groups excluding carboxylic acids is 1. The molecule has 118 valence electrons. The van der Waals surface area contributed by atoms with Gasteiger partial charge < -0.3 is 15.5 Å². The molecule has 20 heavy (non-hydrogen) atoms. The number of hydrogen-bond donors (Lipinski definition) is 3. The fourth-order valence-electron chi connectivity index (χ4n) is 1.93. The number of nitrogens with one attached hydrogen (secondary N) is 1. The van der Waals surface area contributed by atoms with Gasteiger partial charge in [-0.05, 0) is 13.3 Å². The molecule has 0 aromatic rings. The molecule has 0 spiro atoms. The van der Waals surface area contributed by atoms with Crippen LogP contribution in [0.4, 0.5) is 0 Å². The van der Waals surface area contributed by atoms with Crippen molar-refractivity contribution in [1.29, 1.82) is 0 Å². The molecule has 1 unspecified atom stereocenters. The van der Waals surface area contributed by atoms with Crippen LogP contribution in [0.5, 0.6) is 0 Å². The summed E-state index contributed by atoms with van der Waals surface area (Å²) in [5.41, 5.74) is 0. The molecule has 0 aromatic heterocycles. The first-order valence-corrected chi connectivity index (χ1v) is 7.34. The van der Waals surface area contributed by atoms with Gasteiger partial charge in [0.05, 0.1) is 19.3 Å². The summed E-state index contributed by atoms with van der Waals surface area (Å²) in [7, 11) is 0. The predicted octanol–water partition coefficient (Wildman–Crippen LogP) is 1.19. The van der Waals surface area contributed by atoms with Crippen LogP contribution >= 0.6 is 0 Å². The predicted molar refractivity (Wildman–Crippen MR) is 77.3 cm³/mol. The highest BCUT2D eigenvalue weighted by Crippen LogP contribution is 2.04. The number of aliphatic carboxylic acids is 1. The van der Waals surface area contributed by atoms with E-state index in [0.29, 0.717) is 6.42 Å². The molecule has 0 aromatic carbocycles. The summed E-state index contributed by atoms with van der Waals surface area (Å²) in [5.74, 6) is -1.04. The molecule has 0 heterocycles. The molecule has 0 rings (SSSR count). The number of carbonyl (C=O) groups is 2. The minimum atomic E-state index is -0.973. The lowest BCUT2D eigenvalue weighted by atomic mass is 10.1. The van der Waals surface area contributed by atoms with E-state index in [1.807, 2.05) is 0 Å². The molecule has 1 amide bonds. The van der Waals surface area contributed by atoms with Crippen LogP contribution < -0.4 is 5.32 Å². The van der Waals surface area contributed by atoms with E-state index in [-0.39, 0.29) is 25.7 Å². The van der Waals surface area contributed by atoms with Gasteiger partial charge >= 0.3 is 5.97 Å². The lowest BCUT2D eigenvalue weighted by molar-refractivity contribution is -0.139. The van der Waals surface area contributed by atoms with Crippen molar-refractivity contribution in [3.8, 4) is 0 Å². The molecule has 3 N–H and O–H groups in total. The first-order chi connectivity index (χ1) is 9.45. The number of rotatable bonds is 12. The lowest BCUT2D eigenvalue weighted by Crippen LogP contribution is -2.43. The van der Waals surface area contributed by atoms with Gasteiger partial charge in [-0.2, -0.15) is 0 Å². The first kappa shape index (κ1) is 18.9. The smallest absolute Gasteiger partial charge is 0.317 e. The molecule has 0 bridgehead atoms. The number of unbranched alkanes of at least 4 members (excludes halogenated alkanes) is 4. The second kappa shape index (κ2) is 11.7. The van der Waals surface area contributed by atoms with Crippen LogP contribution in [0, 0.1) is 0 Å². The van der Waals surface area contributed by atoms with Crippen LogP contribution in [0.25, 0.3) is 0 Å². The van der Waals surface area contributed by atoms with Gasteiger partial charge in [0.2, 0.25) is 5.91 Å². The first-order valence-electron chi connectivity index (χ1n) is 7.34. The second-order valence-corrected chi connectivity index (χ2v) is 5.18. The molecule has 6 nitrogen and oxygen atoms in total. The summed E-state index contributed by atoms with van der Waals surface area (Å²) < 4.78 is 0. The Kier molecular flexibility index (Phi) is 11.0. The lowest BCUT2D eigenvalue weighted by Gasteiger charge is -2.22. The van der Waals surface area contributed by atoms with Gasteiger partial charge in [-0.25, -0.2) is 0 Å². The third-order valence-corrected chi connectivity index (χ3v) is 2.89. The largest absolute Gasteiger partial charge is 0.480 e. The van der Waals surface area contributed by atoms with Gasteiger partial charge in [0.15, 0.2) is 0 Å². The van der Waals surface area contributed by atoms with Gasteiger partial charge in [-0.15, -0.1) is 0 Å². The minimum Gasteiger partial charge on any atom is -0.480 e. The summed E-state index contributed by atoms with van der Waals surface area (Å²) in [6, 6.07) is 0. The summed E-state index contributed by atoms with van der Waals surface area (Å²) in [6.07, 6.45) is 5.28. The third-order valence-electron chi connectivity index (χ3n) is 2.89. The Morgan fingerprint density at radius 3 is 2.40 bits per heavy atom. The average molecular weight is 288 g/mol. The van der Waals surface area contributed by atoms with Crippen molar-refractivity contribution in [2.24, 2.45) is 0 Å². The Morgan fingerprint density at radius 2 is 1.85 bits per heavy atom. The molecular weight excluding hydrogens is 260 g/mol. The van der Waals surface area contributed by atoms with Crippen LogP contribution in [0.3, 0.4) is 0 Å². The Hall–Kier alpha value is -1.14. The zero-order chi connectivity index (χ0) is 15.4. The van der Waals surface area contributed by atoms with E-state index in [0.717, 1.165) is 19.3 Å². The van der Waals surface area contributed by atoms with Gasteiger partial charge in [0, 0.05) is 13.0 Å². The highest BCUT2D eigenvalue weighted by molar-refractivity contribution is 5.75. The number of aliphatic hydroxyl groups excluding tert-OH is 1. The Bertz CT molecular complexity index is 282. The van der Waals surface area contributed by atoms with Crippen molar-refractivity contribution < 1.29 is 19.8 Å². The topological polar surface area (TPSA) is 89.9 Å². The number of hydrogen-bond acceptors (Lipinski definition) is 4. The molecule has 0 aliphatic heterocycles. The number of aliphatic hydroxyl groups is 1. The van der Waals surface area contributed by atoms with Crippen molar-refractivity contribution in [2.75, 3.05) is 19.8 Å². The van der Waals surface area contributed by atoms with Gasteiger partial charge in [0.25, 0.3) is 0 Å². The third kappa shape index (κ3) is 11.9. The SMILES string of the molecule is CCCCCCCC(=O)NCN(CC(=O)O)CC(C)O. The standard InChI is InChI=1S/C14H28N2O4/c1-3-4-5-6-7-8-13(18)15-11-16(9-12(2)17)10-14(19)20/h12,17H,3-11H2,1-2H3,(H,15,18)(H,19,20). The van der Waals surface area contributed by atoms with Crippen LogP contribution in [-0.4, -0.2) is 52.9 Å². The van der Waals surface area contributed by atoms with Crippen LogP contribution in [0.2, 0.25) is 0 Å². The molecule has 0 aliphatic carbocycles. The van der Waals surface area contributed by atoms with Gasteiger partial charge in [-0.3, -0.25) is 14.5 Å². The highest BCUT2D eigenvalue weighted by Gasteiger charge is 2.13. The number of nitrogens with zero attached hydrogens (tertiary/aromatic N) is 1. The van der Waals surface area contributed by atoms with Crippen molar-refractivity contribution in [2.45, 2.75) is 58.5 Å². The van der Waals surface area contributed by atoms with Gasteiger partial charge in [0.1, 0.15) is 0 Å². The van der Waals surface area contributed by atoms with Crippen molar-refractivity contribution in [3.05, 3.63) is 0 Å². The van der Waals surface area contributed by atoms with Crippen molar-refractivity contribution in [1.82, 2.24) is 10.2 Å². The molecule has 0 saturated carbocycles. The van der Waals surface area contributed by atoms with Crippen molar-refractivity contribution >= 4 is 11.9 Å². The number of amides is 1. The monoisotopic (exact) mass is 288 g/mol. The highest BCUT2D eigenvalue weighted by atomic mass is 16.4. The molecule has 1 atom stereocenters. The maximum atomic E-state index is 11.6. The Labute approximate surface area is 121 Å². The zero-order valence-electron chi connectivity index (χ0n) is 12.6.